The number of rotatable bonds is 6. The predicted octanol–water partition coefficient (Wildman–Crippen LogP) is 5.50. The lowest BCUT2D eigenvalue weighted by Crippen LogP contribution is -2.24. The molecule has 1 atom stereocenters. The molecule has 3 aromatic carbocycles. The number of benzene rings is 3. The van der Waals surface area contributed by atoms with Gasteiger partial charge in [-0.05, 0) is 55.2 Å². The minimum atomic E-state index is 0.108. The zero-order valence-corrected chi connectivity index (χ0v) is 17.9. The van der Waals surface area contributed by atoms with Crippen molar-refractivity contribution in [2.24, 2.45) is 0 Å². The van der Waals surface area contributed by atoms with Crippen LogP contribution in [0.2, 0.25) is 0 Å². The summed E-state index contributed by atoms with van der Waals surface area (Å²) < 4.78 is 2.34. The van der Waals surface area contributed by atoms with Crippen LogP contribution in [0.25, 0.3) is 11.0 Å². The Labute approximate surface area is 183 Å². The Morgan fingerprint density at radius 1 is 0.968 bits per heavy atom. The first kappa shape index (κ1) is 19.6. The number of carbonyl (C=O) groups excluding carboxylic acids is 1. The fraction of sp³-hybridized carbons (Fsp3) is 0.259. The molecule has 1 fully saturated rings. The Kier molecular flexibility index (Phi) is 5.29. The highest BCUT2D eigenvalue weighted by molar-refractivity contribution is 5.96. The molecule has 1 amide bonds. The monoisotopic (exact) mass is 409 g/mol. The molecule has 1 saturated heterocycles. The van der Waals surface area contributed by atoms with E-state index in [1.165, 1.54) is 11.1 Å². The first-order chi connectivity index (χ1) is 15.2. The van der Waals surface area contributed by atoms with Crippen LogP contribution in [-0.2, 0) is 17.8 Å². The lowest BCUT2D eigenvalue weighted by atomic mass is 10.1. The molecule has 1 aromatic heterocycles. The molecule has 5 rings (SSSR count). The van der Waals surface area contributed by atoms with Gasteiger partial charge in [0.2, 0.25) is 5.91 Å². The van der Waals surface area contributed by atoms with Crippen LogP contribution in [0.1, 0.15) is 35.7 Å². The van der Waals surface area contributed by atoms with Crippen LogP contribution >= 0.6 is 0 Å². The quantitative estimate of drug-likeness (QED) is 0.422. The van der Waals surface area contributed by atoms with Gasteiger partial charge in [0.05, 0.1) is 11.0 Å². The number of para-hydroxylation sites is 2. The maximum absolute atomic E-state index is 12.9. The van der Waals surface area contributed by atoms with Crippen molar-refractivity contribution in [1.82, 2.24) is 9.55 Å². The molecule has 0 bridgehead atoms. The molecule has 4 heteroatoms. The molecule has 0 unspecified atom stereocenters. The Hall–Kier alpha value is -3.40. The lowest BCUT2D eigenvalue weighted by molar-refractivity contribution is -0.117. The average Bonchev–Trinajstić information content (AvgIpc) is 3.35. The van der Waals surface area contributed by atoms with Crippen LogP contribution in [0.5, 0.6) is 0 Å². The molecule has 156 valence electrons. The molecule has 31 heavy (non-hydrogen) atoms. The molecular weight excluding hydrogens is 382 g/mol. The molecule has 0 saturated carbocycles. The van der Waals surface area contributed by atoms with Gasteiger partial charge in [-0.3, -0.25) is 4.79 Å². The summed E-state index contributed by atoms with van der Waals surface area (Å²) in [5, 5.41) is 0. The zero-order valence-electron chi connectivity index (χ0n) is 17.9. The summed E-state index contributed by atoms with van der Waals surface area (Å²) in [6, 6.07) is 27.1. The number of anilines is 1. The largest absolute Gasteiger partial charge is 0.328 e. The highest BCUT2D eigenvalue weighted by Crippen LogP contribution is 2.33. The van der Waals surface area contributed by atoms with Crippen molar-refractivity contribution in [3.05, 3.63) is 95.8 Å². The van der Waals surface area contributed by atoms with E-state index in [0.29, 0.717) is 13.0 Å². The Morgan fingerprint density at radius 2 is 1.77 bits per heavy atom. The molecule has 0 radical (unpaired) electrons. The molecule has 0 aliphatic carbocycles. The van der Waals surface area contributed by atoms with E-state index in [1.807, 2.05) is 23.1 Å². The van der Waals surface area contributed by atoms with Crippen molar-refractivity contribution in [2.75, 3.05) is 11.4 Å². The fourth-order valence-electron chi connectivity index (χ4n) is 4.65. The SMILES string of the molecule is Cc1cccc(N2C[C@@H](c3nc4ccccc4n3CCCc3ccccc3)CC2=O)c1. The summed E-state index contributed by atoms with van der Waals surface area (Å²) in [5.74, 6) is 1.33. The van der Waals surface area contributed by atoms with E-state index >= 15 is 0 Å². The topological polar surface area (TPSA) is 38.1 Å². The van der Waals surface area contributed by atoms with Crippen molar-refractivity contribution in [3.8, 4) is 0 Å². The molecule has 4 nitrogen and oxygen atoms in total. The molecule has 4 aromatic rings. The molecule has 0 spiro atoms. The van der Waals surface area contributed by atoms with E-state index in [9.17, 15) is 4.79 Å². The van der Waals surface area contributed by atoms with Crippen LogP contribution in [0.4, 0.5) is 5.69 Å². The van der Waals surface area contributed by atoms with Gasteiger partial charge in [-0.2, -0.15) is 0 Å². The van der Waals surface area contributed by atoms with Gasteiger partial charge in [0, 0.05) is 31.1 Å². The van der Waals surface area contributed by atoms with E-state index in [1.54, 1.807) is 0 Å². The van der Waals surface area contributed by atoms with Crippen LogP contribution < -0.4 is 4.90 Å². The molecular formula is C27H27N3O. The Morgan fingerprint density at radius 3 is 2.61 bits per heavy atom. The molecule has 1 aliphatic rings. The van der Waals surface area contributed by atoms with Gasteiger partial charge in [0.15, 0.2) is 0 Å². The number of hydrogen-bond donors (Lipinski definition) is 0. The number of aryl methyl sites for hydroxylation is 3. The van der Waals surface area contributed by atoms with Gasteiger partial charge in [-0.15, -0.1) is 0 Å². The minimum Gasteiger partial charge on any atom is -0.328 e. The highest BCUT2D eigenvalue weighted by Gasteiger charge is 2.34. The smallest absolute Gasteiger partial charge is 0.227 e. The first-order valence-corrected chi connectivity index (χ1v) is 11.0. The number of nitrogens with zero attached hydrogens (tertiary/aromatic N) is 3. The minimum absolute atomic E-state index is 0.108. The maximum atomic E-state index is 12.9. The summed E-state index contributed by atoms with van der Waals surface area (Å²) in [6.07, 6.45) is 2.58. The van der Waals surface area contributed by atoms with Crippen molar-refractivity contribution >= 4 is 22.6 Å². The summed E-state index contributed by atoms with van der Waals surface area (Å²) >= 11 is 0. The van der Waals surface area contributed by atoms with Crippen LogP contribution in [0.3, 0.4) is 0 Å². The summed E-state index contributed by atoms with van der Waals surface area (Å²) in [4.78, 5) is 19.8. The van der Waals surface area contributed by atoms with Gasteiger partial charge in [0.25, 0.3) is 0 Å². The fourth-order valence-corrected chi connectivity index (χ4v) is 4.65. The number of amides is 1. The molecule has 1 aliphatic heterocycles. The van der Waals surface area contributed by atoms with Crippen molar-refractivity contribution < 1.29 is 4.79 Å². The molecule has 0 N–H and O–H groups in total. The van der Waals surface area contributed by atoms with Crippen molar-refractivity contribution in [2.45, 2.75) is 38.6 Å². The highest BCUT2D eigenvalue weighted by atomic mass is 16.2. The normalized spacial score (nSPS) is 16.4. The van der Waals surface area contributed by atoms with E-state index in [2.05, 4.69) is 72.2 Å². The second-order valence-corrected chi connectivity index (χ2v) is 8.44. The molecule has 2 heterocycles. The number of fused-ring (bicyclic) bond motifs is 1. The number of hydrogen-bond acceptors (Lipinski definition) is 2. The van der Waals surface area contributed by atoms with Gasteiger partial charge < -0.3 is 9.47 Å². The van der Waals surface area contributed by atoms with Gasteiger partial charge in [-0.25, -0.2) is 4.98 Å². The van der Waals surface area contributed by atoms with Gasteiger partial charge in [0.1, 0.15) is 5.82 Å². The second kappa shape index (κ2) is 8.38. The maximum Gasteiger partial charge on any atom is 0.227 e. The third-order valence-electron chi connectivity index (χ3n) is 6.18. The number of imidazole rings is 1. The lowest BCUT2D eigenvalue weighted by Gasteiger charge is -2.18. The van der Waals surface area contributed by atoms with E-state index in [0.717, 1.165) is 41.9 Å². The standard InChI is InChI=1S/C27H27N3O/c1-20-9-7-13-23(17-20)30-19-22(18-26(30)31)27-28-24-14-5-6-15-25(24)29(27)16-8-12-21-10-3-2-4-11-21/h2-7,9-11,13-15,17,22H,8,12,16,18-19H2,1H3/t22-/m0/s1. The van der Waals surface area contributed by atoms with Crippen LogP contribution in [0, 0.1) is 6.92 Å². The van der Waals surface area contributed by atoms with E-state index < -0.39 is 0 Å². The summed E-state index contributed by atoms with van der Waals surface area (Å²) in [7, 11) is 0. The van der Waals surface area contributed by atoms with Crippen molar-refractivity contribution in [1.29, 1.82) is 0 Å². The van der Waals surface area contributed by atoms with Crippen LogP contribution in [-0.4, -0.2) is 22.0 Å². The van der Waals surface area contributed by atoms with E-state index in [4.69, 9.17) is 4.98 Å². The summed E-state index contributed by atoms with van der Waals surface area (Å²) in [6.45, 7) is 3.65. The first-order valence-electron chi connectivity index (χ1n) is 11.0. The average molecular weight is 410 g/mol. The van der Waals surface area contributed by atoms with Crippen molar-refractivity contribution in [3.63, 3.8) is 0 Å². The zero-order chi connectivity index (χ0) is 21.2. The van der Waals surface area contributed by atoms with Gasteiger partial charge in [-0.1, -0.05) is 54.6 Å². The van der Waals surface area contributed by atoms with Crippen LogP contribution in [0.15, 0.2) is 78.9 Å². The number of carbonyl (C=O) groups is 1. The predicted molar refractivity (Wildman–Crippen MR) is 125 cm³/mol. The Bertz CT molecular complexity index is 1210. The third-order valence-corrected chi connectivity index (χ3v) is 6.18. The number of aromatic nitrogens is 2. The van der Waals surface area contributed by atoms with E-state index in [-0.39, 0.29) is 11.8 Å². The summed E-state index contributed by atoms with van der Waals surface area (Å²) in [5.41, 5.74) is 5.68. The Balaban J connectivity index is 1.41. The third kappa shape index (κ3) is 3.98. The second-order valence-electron chi connectivity index (χ2n) is 8.44. The van der Waals surface area contributed by atoms with Gasteiger partial charge >= 0.3 is 0 Å².